The van der Waals surface area contributed by atoms with E-state index in [0.717, 1.165) is 4.68 Å². The number of rotatable bonds is 4. The van der Waals surface area contributed by atoms with Crippen LogP contribution in [0.1, 0.15) is 75.7 Å². The maximum Gasteiger partial charge on any atom is 0.410 e. The van der Waals surface area contributed by atoms with Crippen LogP contribution in [0.2, 0.25) is 0 Å². The van der Waals surface area contributed by atoms with Crippen LogP contribution in [-0.2, 0) is 0 Å². The molecule has 160 valence electrons. The minimum Gasteiger partial charge on any atom is -0.467 e. The van der Waals surface area contributed by atoms with Gasteiger partial charge >= 0.3 is 6.18 Å². The molecule has 2 aromatic rings. The molecule has 3 heterocycles. The van der Waals surface area contributed by atoms with Crippen molar-refractivity contribution in [2.75, 3.05) is 5.32 Å². The number of anilines is 1. The first-order chi connectivity index (χ1) is 13.3. The fraction of sp³-hybridized carbons (Fsp3) is 0.600. The van der Waals surface area contributed by atoms with Gasteiger partial charge in [0, 0.05) is 12.0 Å². The second-order valence-electron chi connectivity index (χ2n) is 9.43. The molecule has 6 nitrogen and oxygen atoms in total. The van der Waals surface area contributed by atoms with Crippen molar-refractivity contribution in [1.29, 1.82) is 0 Å². The molecule has 0 fully saturated rings. The molecule has 3 rings (SSSR count). The van der Waals surface area contributed by atoms with Gasteiger partial charge in [-0.1, -0.05) is 20.8 Å². The Bertz CT molecular complexity index is 863. The zero-order valence-corrected chi connectivity index (χ0v) is 17.2. The zero-order valence-electron chi connectivity index (χ0n) is 17.2. The van der Waals surface area contributed by atoms with Crippen LogP contribution in [0.25, 0.3) is 0 Å². The highest BCUT2D eigenvalue weighted by atomic mass is 19.4. The van der Waals surface area contributed by atoms with E-state index in [4.69, 9.17) is 4.42 Å². The Labute approximate surface area is 167 Å². The fourth-order valence-electron chi connectivity index (χ4n) is 4.15. The molecule has 1 aliphatic heterocycles. The molecule has 0 saturated carbocycles. The monoisotopic (exact) mass is 412 g/mol. The van der Waals surface area contributed by atoms with E-state index >= 15 is 0 Å². The number of nitrogens with one attached hydrogen (secondary N) is 2. The number of hydrogen-bond donors (Lipinski definition) is 2. The first-order valence-corrected chi connectivity index (χ1v) is 9.53. The Morgan fingerprint density at radius 3 is 2.55 bits per heavy atom. The molecule has 2 N–H and O–H groups in total. The highest BCUT2D eigenvalue weighted by molar-refractivity contribution is 5.99. The summed E-state index contributed by atoms with van der Waals surface area (Å²) in [4.78, 5) is 12.9. The highest BCUT2D eigenvalue weighted by Crippen LogP contribution is 2.44. The molecule has 2 aromatic heterocycles. The molecule has 29 heavy (non-hydrogen) atoms. The first-order valence-electron chi connectivity index (χ1n) is 9.53. The number of nitrogens with zero attached hydrogens (tertiary/aromatic N) is 2. The average Bonchev–Trinajstić information content (AvgIpc) is 3.19. The maximum absolute atomic E-state index is 13.7. The molecular formula is C20H27F3N4O2. The van der Waals surface area contributed by atoms with Crippen LogP contribution in [0, 0.1) is 5.41 Å². The second-order valence-corrected chi connectivity index (χ2v) is 9.43. The lowest BCUT2D eigenvalue weighted by atomic mass is 9.81. The van der Waals surface area contributed by atoms with Gasteiger partial charge in [0.15, 0.2) is 6.04 Å². The van der Waals surface area contributed by atoms with Crippen molar-refractivity contribution in [3.63, 3.8) is 0 Å². The van der Waals surface area contributed by atoms with Crippen LogP contribution in [0.15, 0.2) is 29.0 Å². The number of carbonyl (C=O) groups excluding carboxylic acids is 1. The molecule has 0 saturated heterocycles. The predicted molar refractivity (Wildman–Crippen MR) is 103 cm³/mol. The van der Waals surface area contributed by atoms with Crippen LogP contribution in [0.5, 0.6) is 0 Å². The number of alkyl halides is 3. The van der Waals surface area contributed by atoms with Crippen molar-refractivity contribution >= 4 is 11.7 Å². The molecule has 1 aliphatic rings. The van der Waals surface area contributed by atoms with Gasteiger partial charge in [0.05, 0.1) is 18.5 Å². The van der Waals surface area contributed by atoms with E-state index in [0.29, 0.717) is 12.2 Å². The molecule has 0 radical (unpaired) electrons. The van der Waals surface area contributed by atoms with Gasteiger partial charge in [0.2, 0.25) is 0 Å². The van der Waals surface area contributed by atoms with Crippen LogP contribution in [0.4, 0.5) is 19.0 Å². The summed E-state index contributed by atoms with van der Waals surface area (Å²) in [6, 6.07) is 0.672. The Morgan fingerprint density at radius 2 is 2.00 bits per heavy atom. The third kappa shape index (κ3) is 4.76. The van der Waals surface area contributed by atoms with Crippen molar-refractivity contribution in [1.82, 2.24) is 15.1 Å². The van der Waals surface area contributed by atoms with Gasteiger partial charge in [-0.05, 0) is 37.8 Å². The largest absolute Gasteiger partial charge is 0.467 e. The molecular weight excluding hydrogens is 385 g/mol. The number of furan rings is 1. The van der Waals surface area contributed by atoms with Crippen LogP contribution >= 0.6 is 0 Å². The van der Waals surface area contributed by atoms with E-state index in [1.54, 1.807) is 12.1 Å². The molecule has 0 bridgehead atoms. The third-order valence-corrected chi connectivity index (χ3v) is 4.79. The van der Waals surface area contributed by atoms with Crippen LogP contribution in [-0.4, -0.2) is 27.4 Å². The number of halogens is 3. The summed E-state index contributed by atoms with van der Waals surface area (Å²) < 4.78 is 47.2. The number of carbonyl (C=O) groups is 1. The molecule has 0 unspecified atom stereocenters. The van der Waals surface area contributed by atoms with Gasteiger partial charge in [0.1, 0.15) is 17.1 Å². The fourth-order valence-corrected chi connectivity index (χ4v) is 4.15. The quantitative estimate of drug-likeness (QED) is 0.735. The van der Waals surface area contributed by atoms with Gasteiger partial charge in [-0.25, -0.2) is 4.68 Å². The van der Waals surface area contributed by atoms with E-state index in [9.17, 15) is 18.0 Å². The Kier molecular flexibility index (Phi) is 5.21. The van der Waals surface area contributed by atoms with Crippen LogP contribution < -0.4 is 10.6 Å². The SMILES string of the molecule is CC(C)(C)CC(C)(C)NC(=O)c1cnn2c1N[C@H](c1ccco1)C[C@@H]2C(F)(F)F. The maximum atomic E-state index is 13.7. The molecule has 0 aliphatic carbocycles. The summed E-state index contributed by atoms with van der Waals surface area (Å²) in [5.41, 5.74) is -0.487. The summed E-state index contributed by atoms with van der Waals surface area (Å²) in [7, 11) is 0. The van der Waals surface area contributed by atoms with E-state index in [1.807, 2.05) is 13.8 Å². The van der Waals surface area contributed by atoms with Gasteiger partial charge in [-0.3, -0.25) is 4.79 Å². The normalized spacial score (nSPS) is 20.1. The summed E-state index contributed by atoms with van der Waals surface area (Å²) in [6.45, 7) is 9.97. The second kappa shape index (κ2) is 7.11. The number of amides is 1. The smallest absolute Gasteiger partial charge is 0.410 e. The van der Waals surface area contributed by atoms with Gasteiger partial charge in [-0.2, -0.15) is 18.3 Å². The predicted octanol–water partition coefficient (Wildman–Crippen LogP) is 5.08. The Balaban J connectivity index is 1.92. The van der Waals surface area contributed by atoms with Crippen molar-refractivity contribution in [2.45, 2.75) is 71.3 Å². The third-order valence-electron chi connectivity index (χ3n) is 4.79. The van der Waals surface area contributed by atoms with E-state index in [1.165, 1.54) is 12.5 Å². The molecule has 0 aromatic carbocycles. The zero-order chi connectivity index (χ0) is 21.6. The minimum atomic E-state index is -4.51. The van der Waals surface area contributed by atoms with Crippen molar-refractivity contribution in [2.24, 2.45) is 5.41 Å². The molecule has 0 spiro atoms. The number of hydrogen-bond acceptors (Lipinski definition) is 4. The van der Waals surface area contributed by atoms with Crippen molar-refractivity contribution in [3.05, 3.63) is 35.9 Å². The number of fused-ring (bicyclic) bond motifs is 1. The standard InChI is InChI=1S/C20H27F3N4O2/c1-18(2,3)11-19(4,5)26-17(28)12-10-24-27-15(20(21,22)23)9-13(25-16(12)27)14-7-6-8-29-14/h6-8,10,13,15,25H,9,11H2,1-5H3,(H,26,28)/t13-,15+/m0/s1. The van der Waals surface area contributed by atoms with Crippen molar-refractivity contribution < 1.29 is 22.4 Å². The first kappa shape index (κ1) is 21.3. The summed E-state index contributed by atoms with van der Waals surface area (Å²) in [6.07, 6.45) is -1.49. The molecule has 9 heteroatoms. The topological polar surface area (TPSA) is 72.1 Å². The Morgan fingerprint density at radius 1 is 1.31 bits per heavy atom. The minimum absolute atomic E-state index is 0.0285. The number of aromatic nitrogens is 2. The van der Waals surface area contributed by atoms with Crippen molar-refractivity contribution in [3.8, 4) is 0 Å². The average molecular weight is 412 g/mol. The van der Waals surface area contributed by atoms with E-state index < -0.39 is 29.7 Å². The lowest BCUT2D eigenvalue weighted by molar-refractivity contribution is -0.174. The molecule has 2 atom stereocenters. The summed E-state index contributed by atoms with van der Waals surface area (Å²) in [5, 5.41) is 9.83. The van der Waals surface area contributed by atoms with Gasteiger partial charge in [-0.15, -0.1) is 0 Å². The lowest BCUT2D eigenvalue weighted by Gasteiger charge is -2.34. The summed E-state index contributed by atoms with van der Waals surface area (Å²) in [5.74, 6) is -0.0378. The van der Waals surface area contributed by atoms with Crippen LogP contribution in [0.3, 0.4) is 0 Å². The lowest BCUT2D eigenvalue weighted by Crippen LogP contribution is -2.46. The summed E-state index contributed by atoms with van der Waals surface area (Å²) >= 11 is 0. The van der Waals surface area contributed by atoms with Gasteiger partial charge < -0.3 is 15.1 Å². The van der Waals surface area contributed by atoms with Gasteiger partial charge in [0.25, 0.3) is 5.91 Å². The Hall–Kier alpha value is -2.45. The molecule has 1 amide bonds. The van der Waals surface area contributed by atoms with E-state index in [2.05, 4.69) is 36.5 Å². The van der Waals surface area contributed by atoms with E-state index in [-0.39, 0.29) is 23.2 Å². The highest BCUT2D eigenvalue weighted by Gasteiger charge is 2.48.